The number of nitrogens with zero attached hydrogens (tertiary/aromatic N) is 1. The smallest absolute Gasteiger partial charge is 0.270 e. The van der Waals surface area contributed by atoms with Crippen LogP contribution < -0.4 is 11.1 Å². The maximum atomic E-state index is 13.6. The zero-order chi connectivity index (χ0) is 27.4. The second-order valence-corrected chi connectivity index (χ2v) is 10.7. The second kappa shape index (κ2) is 11.9. The van der Waals surface area contributed by atoms with Crippen LogP contribution in [0.1, 0.15) is 97.4 Å². The summed E-state index contributed by atoms with van der Waals surface area (Å²) in [5, 5.41) is 2.37. The Kier molecular flexibility index (Phi) is 8.16. The van der Waals surface area contributed by atoms with E-state index in [4.69, 9.17) is 0 Å². The molecule has 1 aliphatic carbocycles. The molecular formula is C34H35NO4. The molecule has 0 unspecified atom stereocenters. The maximum Gasteiger partial charge on any atom is 0.270 e. The molecule has 1 aliphatic heterocycles. The lowest BCUT2D eigenvalue weighted by molar-refractivity contribution is 0.0817. The number of carbonyl (C=O) groups is 2. The van der Waals surface area contributed by atoms with Gasteiger partial charge in [0, 0.05) is 10.8 Å². The highest BCUT2D eigenvalue weighted by Gasteiger charge is 2.35. The largest absolute Gasteiger partial charge is 0.285 e. The van der Waals surface area contributed by atoms with Gasteiger partial charge in [0.25, 0.3) is 11.1 Å². The number of carbonyl (C=O) groups excluding carboxylic acids is 2. The molecule has 0 fully saturated rings. The Hall–Kier alpha value is -3.86. The highest BCUT2D eigenvalue weighted by molar-refractivity contribution is 6.54. The van der Waals surface area contributed by atoms with Crippen molar-refractivity contribution in [2.45, 2.75) is 77.6 Å². The Morgan fingerprint density at radius 3 is 1.51 bits per heavy atom. The van der Waals surface area contributed by atoms with E-state index < -0.39 is 22.7 Å². The van der Waals surface area contributed by atoms with Crippen LogP contribution in [0.5, 0.6) is 0 Å². The quantitative estimate of drug-likeness (QED) is 0.144. The first kappa shape index (κ1) is 26.7. The number of benzene rings is 3. The van der Waals surface area contributed by atoms with Crippen molar-refractivity contribution in [1.82, 2.24) is 4.57 Å². The number of hydrogen-bond acceptors (Lipinski definition) is 4. The highest BCUT2D eigenvalue weighted by Crippen LogP contribution is 2.29. The monoisotopic (exact) mass is 521 g/mol. The molecule has 0 N–H and O–H groups in total. The van der Waals surface area contributed by atoms with Gasteiger partial charge in [-0.1, -0.05) is 101 Å². The molecule has 2 heterocycles. The second-order valence-electron chi connectivity index (χ2n) is 10.7. The molecule has 0 amide bonds. The minimum atomic E-state index is -0.911. The first-order valence-corrected chi connectivity index (χ1v) is 14.4. The Morgan fingerprint density at radius 1 is 0.564 bits per heavy atom. The summed E-state index contributed by atoms with van der Waals surface area (Å²) in [4.78, 5) is 53.1. The zero-order valence-electron chi connectivity index (χ0n) is 22.6. The van der Waals surface area contributed by atoms with Crippen molar-refractivity contribution in [3.8, 4) is 5.69 Å². The Labute approximate surface area is 228 Å². The average Bonchev–Trinajstić information content (AvgIpc) is 3.07. The first-order chi connectivity index (χ1) is 19.0. The fourth-order valence-corrected chi connectivity index (χ4v) is 5.73. The Morgan fingerprint density at radius 2 is 1.03 bits per heavy atom. The lowest BCUT2D eigenvalue weighted by Crippen LogP contribution is -2.30. The first-order valence-electron chi connectivity index (χ1n) is 14.4. The van der Waals surface area contributed by atoms with Crippen molar-refractivity contribution in [3.05, 3.63) is 98.1 Å². The molecule has 5 nitrogen and oxygen atoms in total. The SMILES string of the molecule is CCCCCCCCCCCCc1ccc(-n2c(=O)c3c4cc5ccccc5cc4c(c2=O)C(=O)C3=O)cc1. The lowest BCUT2D eigenvalue weighted by Gasteiger charge is -2.09. The number of fused-ring (bicyclic) bond motifs is 4. The summed E-state index contributed by atoms with van der Waals surface area (Å²) in [7, 11) is 0. The van der Waals surface area contributed by atoms with Crippen LogP contribution in [0.4, 0.5) is 0 Å². The molecule has 6 rings (SSSR count). The maximum absolute atomic E-state index is 13.6. The molecule has 1 aromatic heterocycles. The van der Waals surface area contributed by atoms with Crippen LogP contribution in [0.2, 0.25) is 0 Å². The standard InChI is InChI=1S/C34H35NO4/c1-2-3-4-5-6-7-8-9-10-11-14-23-17-19-26(20-18-23)35-33(38)29-27-21-24-15-12-13-16-25(24)22-28(27)30(34(35)39)32(37)31(29)36/h12-13,15-22H,2-11,14H2,1H3. The van der Waals surface area contributed by atoms with Gasteiger partial charge in [-0.15, -0.1) is 0 Å². The van der Waals surface area contributed by atoms with Crippen molar-refractivity contribution in [2.75, 3.05) is 0 Å². The molecule has 39 heavy (non-hydrogen) atoms. The minimum Gasteiger partial charge on any atom is -0.285 e. The molecule has 200 valence electrons. The van der Waals surface area contributed by atoms with E-state index in [0.717, 1.165) is 33.7 Å². The molecule has 4 aromatic rings. The molecule has 0 spiro atoms. The van der Waals surface area contributed by atoms with E-state index >= 15 is 0 Å². The predicted octanol–water partition coefficient (Wildman–Crippen LogP) is 7.35. The van der Waals surface area contributed by atoms with Gasteiger partial charge in [0.1, 0.15) is 0 Å². The summed E-state index contributed by atoms with van der Waals surface area (Å²) in [6.45, 7) is 2.24. The normalized spacial score (nSPS) is 12.6. The molecule has 5 heteroatoms. The van der Waals surface area contributed by atoms with Gasteiger partial charge >= 0.3 is 0 Å². The van der Waals surface area contributed by atoms with Crippen molar-refractivity contribution in [2.24, 2.45) is 0 Å². The van der Waals surface area contributed by atoms with E-state index in [1.165, 1.54) is 57.8 Å². The zero-order valence-corrected chi connectivity index (χ0v) is 22.6. The van der Waals surface area contributed by atoms with Gasteiger partial charge in [-0.2, -0.15) is 0 Å². The van der Waals surface area contributed by atoms with Crippen molar-refractivity contribution < 1.29 is 9.59 Å². The fourth-order valence-electron chi connectivity index (χ4n) is 5.73. The minimum absolute atomic E-state index is 0.232. The van der Waals surface area contributed by atoms with Gasteiger partial charge in [0.15, 0.2) is 0 Å². The molecule has 0 radical (unpaired) electrons. The fraction of sp³-hybridized carbons (Fsp3) is 0.353. The van der Waals surface area contributed by atoms with Gasteiger partial charge in [-0.05, 0) is 53.4 Å². The lowest BCUT2D eigenvalue weighted by atomic mass is 9.90. The van der Waals surface area contributed by atoms with Crippen molar-refractivity contribution >= 4 is 33.1 Å². The summed E-state index contributed by atoms with van der Waals surface area (Å²) in [5.41, 5.74) is -0.450. The van der Waals surface area contributed by atoms with Gasteiger partial charge in [0.05, 0.1) is 16.8 Å². The van der Waals surface area contributed by atoms with Crippen molar-refractivity contribution in [1.29, 1.82) is 0 Å². The van der Waals surface area contributed by atoms with E-state index in [0.29, 0.717) is 16.5 Å². The predicted molar refractivity (Wildman–Crippen MR) is 158 cm³/mol. The number of aryl methyl sites for hydroxylation is 1. The molecule has 2 bridgehead atoms. The molecule has 3 aromatic carbocycles. The topological polar surface area (TPSA) is 73.2 Å². The summed E-state index contributed by atoms with van der Waals surface area (Å²) in [6, 6.07) is 18.3. The summed E-state index contributed by atoms with van der Waals surface area (Å²) < 4.78 is 0.989. The molecule has 0 saturated heterocycles. The van der Waals surface area contributed by atoms with Gasteiger partial charge in [-0.3, -0.25) is 19.2 Å². The third kappa shape index (κ3) is 5.36. The van der Waals surface area contributed by atoms with Gasteiger partial charge in [0.2, 0.25) is 11.6 Å². The number of unbranched alkanes of at least 4 members (excludes halogenated alkanes) is 9. The number of Topliss-reactive ketones (excluding diaryl/α,β-unsaturated/α-hetero) is 2. The number of rotatable bonds is 12. The van der Waals surface area contributed by atoms with Crippen LogP contribution in [0.15, 0.2) is 70.3 Å². The van der Waals surface area contributed by atoms with E-state index in [9.17, 15) is 19.2 Å². The number of ketones is 2. The number of hydrogen-bond donors (Lipinski definition) is 0. The highest BCUT2D eigenvalue weighted by atomic mass is 16.2. The summed E-state index contributed by atoms with van der Waals surface area (Å²) in [5.74, 6) is -1.82. The Bertz CT molecular complexity index is 1570. The molecular weight excluding hydrogens is 486 g/mol. The summed E-state index contributed by atoms with van der Waals surface area (Å²) in [6.07, 6.45) is 13.8. The molecule has 0 atom stereocenters. The summed E-state index contributed by atoms with van der Waals surface area (Å²) >= 11 is 0. The van der Waals surface area contributed by atoms with Crippen LogP contribution in [0.25, 0.3) is 27.2 Å². The van der Waals surface area contributed by atoms with Crippen LogP contribution in [0, 0.1) is 0 Å². The number of aromatic nitrogens is 1. The molecule has 2 aliphatic rings. The van der Waals surface area contributed by atoms with Crippen LogP contribution in [-0.4, -0.2) is 16.1 Å². The van der Waals surface area contributed by atoms with Crippen LogP contribution in [-0.2, 0) is 6.42 Å². The molecule has 0 saturated carbocycles. The van der Waals surface area contributed by atoms with Gasteiger partial charge < -0.3 is 0 Å². The van der Waals surface area contributed by atoms with E-state index in [-0.39, 0.29) is 11.1 Å². The van der Waals surface area contributed by atoms with E-state index in [1.807, 2.05) is 36.4 Å². The van der Waals surface area contributed by atoms with E-state index in [2.05, 4.69) is 6.92 Å². The Balaban J connectivity index is 1.36. The van der Waals surface area contributed by atoms with Crippen molar-refractivity contribution in [3.63, 3.8) is 0 Å². The average molecular weight is 522 g/mol. The third-order valence-corrected chi connectivity index (χ3v) is 7.93. The third-order valence-electron chi connectivity index (χ3n) is 7.93. The van der Waals surface area contributed by atoms with Crippen LogP contribution in [0.3, 0.4) is 0 Å². The van der Waals surface area contributed by atoms with Crippen LogP contribution >= 0.6 is 0 Å². The van der Waals surface area contributed by atoms with Gasteiger partial charge in [-0.25, -0.2) is 4.57 Å². The van der Waals surface area contributed by atoms with E-state index in [1.54, 1.807) is 24.3 Å².